The standard InChI is InChI=1S/C31H35FIN5O4/c1-30(41)7-3-9-36(17-30)27-23-15-37(28(40)22-12-21(39)11-19-5-2-6-24(33)26(19)22)16-25(23)34-29(35-27)42-18-31-8-4-10-38(31)14-20(32)13-31/h2,5-6,11-12,20,39,41H,3-4,7-10,13-18H2,1H3/t20-,30+,31+/m0/s1. The average molecular weight is 688 g/mol. The van der Waals surface area contributed by atoms with Crippen LogP contribution in [0.2, 0.25) is 0 Å². The van der Waals surface area contributed by atoms with Crippen molar-refractivity contribution in [3.05, 3.63) is 50.7 Å². The lowest BCUT2D eigenvalue weighted by Crippen LogP contribution is -2.47. The number of hydrogen-bond acceptors (Lipinski definition) is 8. The van der Waals surface area contributed by atoms with Gasteiger partial charge in [-0.05, 0) is 85.3 Å². The molecule has 11 heteroatoms. The monoisotopic (exact) mass is 687 g/mol. The maximum atomic E-state index is 14.4. The highest BCUT2D eigenvalue weighted by molar-refractivity contribution is 14.1. The highest BCUT2D eigenvalue weighted by atomic mass is 127. The van der Waals surface area contributed by atoms with Gasteiger partial charge in [-0.1, -0.05) is 12.1 Å². The predicted octanol–water partition coefficient (Wildman–Crippen LogP) is 4.40. The lowest BCUT2D eigenvalue weighted by atomic mass is 9.95. The van der Waals surface area contributed by atoms with Crippen LogP contribution in [0, 0.1) is 3.57 Å². The Morgan fingerprint density at radius 2 is 2.02 bits per heavy atom. The third-order valence-corrected chi connectivity index (χ3v) is 10.3. The third-order valence-electron chi connectivity index (χ3n) is 9.37. The Morgan fingerprint density at radius 3 is 2.86 bits per heavy atom. The van der Waals surface area contributed by atoms with Gasteiger partial charge in [-0.25, -0.2) is 4.39 Å². The normalized spacial score (nSPS) is 27.5. The molecule has 3 saturated heterocycles. The van der Waals surface area contributed by atoms with Crippen molar-refractivity contribution >= 4 is 45.1 Å². The second-order valence-electron chi connectivity index (χ2n) is 12.6. The van der Waals surface area contributed by atoms with Crippen LogP contribution in [-0.4, -0.2) is 86.0 Å². The van der Waals surface area contributed by atoms with E-state index in [0.29, 0.717) is 56.2 Å². The number of carbonyl (C=O) groups is 1. The number of fused-ring (bicyclic) bond motifs is 3. The van der Waals surface area contributed by atoms with E-state index in [4.69, 9.17) is 14.7 Å². The van der Waals surface area contributed by atoms with Gasteiger partial charge in [-0.2, -0.15) is 9.97 Å². The summed E-state index contributed by atoms with van der Waals surface area (Å²) in [4.78, 5) is 29.6. The molecule has 7 rings (SSSR count). The number of anilines is 1. The van der Waals surface area contributed by atoms with E-state index < -0.39 is 11.8 Å². The number of ether oxygens (including phenoxy) is 1. The summed E-state index contributed by atoms with van der Waals surface area (Å²) in [7, 11) is 0. The van der Waals surface area contributed by atoms with E-state index >= 15 is 0 Å². The maximum absolute atomic E-state index is 14.4. The number of hydrogen-bond donors (Lipinski definition) is 2. The lowest BCUT2D eigenvalue weighted by molar-refractivity contribution is 0.0445. The molecule has 1 amide bonds. The summed E-state index contributed by atoms with van der Waals surface area (Å²) < 4.78 is 21.6. The SMILES string of the molecule is C[C@@]1(O)CCCN(c2nc(OC[C@]34CCCN3C[C@@H](F)C4)nc3c2CN(C(=O)c2cc(O)cc4cccc(I)c24)C3)C1. The van der Waals surface area contributed by atoms with Gasteiger partial charge in [-0.3, -0.25) is 9.69 Å². The summed E-state index contributed by atoms with van der Waals surface area (Å²) in [6.07, 6.45) is 3.04. The number of benzene rings is 2. The fourth-order valence-electron chi connectivity index (χ4n) is 7.44. The predicted molar refractivity (Wildman–Crippen MR) is 165 cm³/mol. The number of aromatic nitrogens is 2. The van der Waals surface area contributed by atoms with Crippen molar-refractivity contribution in [2.24, 2.45) is 0 Å². The minimum absolute atomic E-state index is 0.0408. The molecule has 0 saturated carbocycles. The summed E-state index contributed by atoms with van der Waals surface area (Å²) in [5.41, 5.74) is 0.816. The second kappa shape index (κ2) is 10.4. The summed E-state index contributed by atoms with van der Waals surface area (Å²) in [6.45, 7) is 5.21. The molecule has 4 aliphatic heterocycles. The number of carbonyl (C=O) groups excluding carboxylic acids is 1. The Kier molecular flexibility index (Phi) is 6.97. The minimum Gasteiger partial charge on any atom is -0.508 e. The summed E-state index contributed by atoms with van der Waals surface area (Å²) in [6, 6.07) is 9.18. The van der Waals surface area contributed by atoms with Gasteiger partial charge < -0.3 is 24.7 Å². The molecule has 42 heavy (non-hydrogen) atoms. The molecular formula is C31H35FIN5O4. The molecule has 0 bridgehead atoms. The van der Waals surface area contributed by atoms with Gasteiger partial charge in [0.15, 0.2) is 0 Å². The number of phenols is 1. The molecule has 4 aliphatic rings. The number of aliphatic hydroxyl groups is 1. The number of nitrogens with zero attached hydrogens (tertiary/aromatic N) is 5. The van der Waals surface area contributed by atoms with Crippen LogP contribution >= 0.6 is 22.6 Å². The van der Waals surface area contributed by atoms with E-state index in [9.17, 15) is 19.4 Å². The van der Waals surface area contributed by atoms with Crippen LogP contribution in [0.15, 0.2) is 30.3 Å². The number of halogens is 2. The minimum atomic E-state index is -0.855. The van der Waals surface area contributed by atoms with E-state index in [1.54, 1.807) is 11.0 Å². The molecule has 2 N–H and O–H groups in total. The lowest BCUT2D eigenvalue weighted by Gasteiger charge is -2.38. The first-order valence-corrected chi connectivity index (χ1v) is 15.8. The number of phenolic OH excluding ortho intramolecular Hbond substituents is 1. The van der Waals surface area contributed by atoms with Crippen molar-refractivity contribution in [1.82, 2.24) is 19.8 Å². The number of amides is 1. The quantitative estimate of drug-likeness (QED) is 0.381. The van der Waals surface area contributed by atoms with Gasteiger partial charge in [-0.15, -0.1) is 0 Å². The largest absolute Gasteiger partial charge is 0.508 e. The van der Waals surface area contributed by atoms with Gasteiger partial charge in [0.1, 0.15) is 24.3 Å². The molecule has 2 aromatic carbocycles. The first-order chi connectivity index (χ1) is 20.1. The molecule has 0 radical (unpaired) electrons. The number of alkyl halides is 1. The topological polar surface area (TPSA) is 102 Å². The summed E-state index contributed by atoms with van der Waals surface area (Å²) >= 11 is 2.22. The van der Waals surface area contributed by atoms with Crippen LogP contribution in [0.5, 0.6) is 11.8 Å². The number of aromatic hydroxyl groups is 1. The maximum Gasteiger partial charge on any atom is 0.318 e. The Balaban J connectivity index is 1.22. The molecule has 222 valence electrons. The zero-order chi connectivity index (χ0) is 29.2. The van der Waals surface area contributed by atoms with E-state index in [-0.39, 0.29) is 29.8 Å². The molecule has 3 aromatic rings. The number of rotatable bonds is 5. The van der Waals surface area contributed by atoms with Crippen molar-refractivity contribution in [3.63, 3.8) is 0 Å². The number of β-amino-alcohol motifs (C(OH)–C–C–N with tert-alkyl or cyclic N) is 1. The Hall–Kier alpha value is -2.77. The molecule has 3 atom stereocenters. The van der Waals surface area contributed by atoms with Crippen molar-refractivity contribution in [2.45, 2.75) is 69.4 Å². The fourth-order valence-corrected chi connectivity index (χ4v) is 8.25. The van der Waals surface area contributed by atoms with Gasteiger partial charge in [0.25, 0.3) is 5.91 Å². The van der Waals surface area contributed by atoms with Crippen LogP contribution < -0.4 is 9.64 Å². The molecule has 1 aromatic heterocycles. The van der Waals surface area contributed by atoms with Gasteiger partial charge >= 0.3 is 6.01 Å². The van der Waals surface area contributed by atoms with Gasteiger partial charge in [0, 0.05) is 40.6 Å². The molecule has 3 fully saturated rings. The van der Waals surface area contributed by atoms with E-state index in [1.165, 1.54) is 6.07 Å². The van der Waals surface area contributed by atoms with Crippen molar-refractivity contribution in [2.75, 3.05) is 37.7 Å². The molecule has 5 heterocycles. The molecule has 9 nitrogen and oxygen atoms in total. The van der Waals surface area contributed by atoms with Crippen molar-refractivity contribution in [3.8, 4) is 11.8 Å². The van der Waals surface area contributed by atoms with Crippen LogP contribution in [-0.2, 0) is 13.1 Å². The first-order valence-electron chi connectivity index (χ1n) is 14.7. The number of piperidine rings is 1. The van der Waals surface area contributed by atoms with E-state index in [1.807, 2.05) is 25.1 Å². The Morgan fingerprint density at radius 1 is 1.19 bits per heavy atom. The highest BCUT2D eigenvalue weighted by Gasteiger charge is 2.49. The summed E-state index contributed by atoms with van der Waals surface area (Å²) in [5, 5.41) is 22.9. The highest BCUT2D eigenvalue weighted by Crippen LogP contribution is 2.41. The molecule has 0 unspecified atom stereocenters. The average Bonchev–Trinajstić information content (AvgIpc) is 3.62. The van der Waals surface area contributed by atoms with Gasteiger partial charge in [0.2, 0.25) is 0 Å². The third kappa shape index (κ3) is 4.96. The Bertz CT molecular complexity index is 1570. The van der Waals surface area contributed by atoms with Crippen LogP contribution in [0.1, 0.15) is 60.6 Å². The van der Waals surface area contributed by atoms with Crippen molar-refractivity contribution < 1.29 is 24.1 Å². The van der Waals surface area contributed by atoms with Crippen molar-refractivity contribution in [1.29, 1.82) is 0 Å². The molecule has 0 spiro atoms. The van der Waals surface area contributed by atoms with Crippen LogP contribution in [0.3, 0.4) is 0 Å². The Labute approximate surface area is 257 Å². The second-order valence-corrected chi connectivity index (χ2v) is 13.8. The zero-order valence-corrected chi connectivity index (χ0v) is 25.8. The van der Waals surface area contributed by atoms with E-state index in [0.717, 1.165) is 52.3 Å². The molecule has 0 aliphatic carbocycles. The molecular weight excluding hydrogens is 652 g/mol. The zero-order valence-electron chi connectivity index (χ0n) is 23.7. The van der Waals surface area contributed by atoms with E-state index in [2.05, 4.69) is 32.4 Å². The smallest absolute Gasteiger partial charge is 0.318 e. The van der Waals surface area contributed by atoms with Crippen LogP contribution in [0.4, 0.5) is 10.2 Å². The fraction of sp³-hybridized carbons (Fsp3) is 0.516. The summed E-state index contributed by atoms with van der Waals surface area (Å²) in [5.74, 6) is 0.521. The first kappa shape index (κ1) is 28.0. The van der Waals surface area contributed by atoms with Crippen LogP contribution in [0.25, 0.3) is 10.8 Å². The van der Waals surface area contributed by atoms with Gasteiger partial charge in [0.05, 0.1) is 35.5 Å².